The molecule has 1 spiro atoms. The highest BCUT2D eigenvalue weighted by Crippen LogP contribution is 2.50. The van der Waals surface area contributed by atoms with Gasteiger partial charge in [-0.25, -0.2) is 0 Å². The van der Waals surface area contributed by atoms with E-state index in [-0.39, 0.29) is 0 Å². The van der Waals surface area contributed by atoms with Crippen molar-refractivity contribution in [2.24, 2.45) is 11.3 Å². The lowest BCUT2D eigenvalue weighted by Crippen LogP contribution is -2.36. The molecule has 2 aliphatic heterocycles. The summed E-state index contributed by atoms with van der Waals surface area (Å²) in [5, 5.41) is 0. The zero-order chi connectivity index (χ0) is 19.8. The normalized spacial score (nSPS) is 33.6. The number of hydrogen-bond donors (Lipinski definition) is 0. The highest BCUT2D eigenvalue weighted by molar-refractivity contribution is 4.93. The Kier molecular flexibility index (Phi) is 9.16. The Morgan fingerprint density at radius 2 is 1.29 bits per heavy atom. The van der Waals surface area contributed by atoms with Crippen LogP contribution >= 0.6 is 0 Å². The summed E-state index contributed by atoms with van der Waals surface area (Å²) in [5.74, 6) is 0.999. The Morgan fingerprint density at radius 3 is 1.93 bits per heavy atom. The molecule has 1 saturated carbocycles. The molecule has 2 nitrogen and oxygen atoms in total. The molecule has 2 heteroatoms. The quantitative estimate of drug-likeness (QED) is 0.516. The molecule has 3 aliphatic rings. The second-order valence-corrected chi connectivity index (χ2v) is 11.0. The molecule has 0 amide bonds. The summed E-state index contributed by atoms with van der Waals surface area (Å²) >= 11 is 0. The van der Waals surface area contributed by atoms with E-state index in [0.29, 0.717) is 5.41 Å². The second-order valence-electron chi connectivity index (χ2n) is 11.0. The van der Waals surface area contributed by atoms with Crippen LogP contribution in [-0.4, -0.2) is 48.1 Å². The second kappa shape index (κ2) is 11.3. The van der Waals surface area contributed by atoms with Crippen molar-refractivity contribution in [3.8, 4) is 0 Å². The zero-order valence-corrected chi connectivity index (χ0v) is 19.6. The molecule has 0 N–H and O–H groups in total. The van der Waals surface area contributed by atoms with E-state index < -0.39 is 0 Å². The minimum absolute atomic E-state index is 0.706. The Hall–Kier alpha value is -0.0800. The average Bonchev–Trinajstić information content (AvgIpc) is 2.91. The average molecular weight is 391 g/mol. The molecule has 0 radical (unpaired) electrons. The highest BCUT2D eigenvalue weighted by Gasteiger charge is 2.40. The fourth-order valence-electron chi connectivity index (χ4n) is 6.65. The fourth-order valence-corrected chi connectivity index (χ4v) is 6.65. The molecule has 0 aromatic rings. The zero-order valence-electron chi connectivity index (χ0n) is 19.6. The van der Waals surface area contributed by atoms with E-state index in [1.165, 1.54) is 122 Å². The summed E-state index contributed by atoms with van der Waals surface area (Å²) < 4.78 is 0. The van der Waals surface area contributed by atoms with E-state index in [1.807, 2.05) is 0 Å². The first kappa shape index (κ1) is 22.6. The highest BCUT2D eigenvalue weighted by atomic mass is 15.2. The SMILES string of the molecule is CC(C)N1CCCC2(CCC(CC(C)N3CCCCCCCCCC3)C2)CC1. The molecule has 1 aliphatic carbocycles. The van der Waals surface area contributed by atoms with Crippen LogP contribution < -0.4 is 0 Å². The summed E-state index contributed by atoms with van der Waals surface area (Å²) in [7, 11) is 0. The standard InChI is InChI=1S/C26H50N2/c1-23(2)27-19-12-14-26(16-20-27)15-13-25(22-26)21-24(3)28-17-10-8-6-4-5-7-9-11-18-28/h23-25H,4-22H2,1-3H3. The molecule has 3 atom stereocenters. The Morgan fingerprint density at radius 1 is 0.679 bits per heavy atom. The van der Waals surface area contributed by atoms with E-state index in [1.54, 1.807) is 0 Å². The lowest BCUT2D eigenvalue weighted by Gasteiger charge is -2.32. The summed E-state index contributed by atoms with van der Waals surface area (Å²) in [5.41, 5.74) is 0.706. The van der Waals surface area contributed by atoms with Crippen LogP contribution in [0.15, 0.2) is 0 Å². The van der Waals surface area contributed by atoms with Crippen molar-refractivity contribution in [1.82, 2.24) is 9.80 Å². The van der Waals surface area contributed by atoms with Crippen LogP contribution in [0.25, 0.3) is 0 Å². The van der Waals surface area contributed by atoms with Crippen LogP contribution in [0.3, 0.4) is 0 Å². The molecular weight excluding hydrogens is 340 g/mol. The maximum absolute atomic E-state index is 2.88. The van der Waals surface area contributed by atoms with Gasteiger partial charge in [0.2, 0.25) is 0 Å². The van der Waals surface area contributed by atoms with Gasteiger partial charge in [-0.1, -0.05) is 38.5 Å². The lowest BCUT2D eigenvalue weighted by atomic mass is 9.78. The van der Waals surface area contributed by atoms with Gasteiger partial charge in [-0.3, -0.25) is 0 Å². The smallest absolute Gasteiger partial charge is 0.00695 e. The van der Waals surface area contributed by atoms with Gasteiger partial charge in [0, 0.05) is 12.1 Å². The van der Waals surface area contributed by atoms with Gasteiger partial charge in [-0.15, -0.1) is 0 Å². The first-order valence-corrected chi connectivity index (χ1v) is 13.1. The predicted molar refractivity (Wildman–Crippen MR) is 123 cm³/mol. The molecule has 28 heavy (non-hydrogen) atoms. The van der Waals surface area contributed by atoms with Crippen molar-refractivity contribution in [2.75, 3.05) is 26.2 Å². The maximum Gasteiger partial charge on any atom is 0.00695 e. The largest absolute Gasteiger partial charge is 0.301 e. The number of likely N-dealkylation sites (tertiary alicyclic amines) is 1. The summed E-state index contributed by atoms with van der Waals surface area (Å²) in [6, 6.07) is 1.54. The van der Waals surface area contributed by atoms with Gasteiger partial charge in [-0.2, -0.15) is 0 Å². The minimum atomic E-state index is 0.706. The number of rotatable bonds is 4. The maximum atomic E-state index is 2.88. The first-order chi connectivity index (χ1) is 13.6. The van der Waals surface area contributed by atoms with Crippen LogP contribution in [0.2, 0.25) is 0 Å². The fraction of sp³-hybridized carbons (Fsp3) is 1.00. The topological polar surface area (TPSA) is 6.48 Å². The van der Waals surface area contributed by atoms with Gasteiger partial charge in [0.05, 0.1) is 0 Å². The van der Waals surface area contributed by atoms with E-state index in [4.69, 9.17) is 0 Å². The number of hydrogen-bond acceptors (Lipinski definition) is 2. The first-order valence-electron chi connectivity index (χ1n) is 13.1. The van der Waals surface area contributed by atoms with Gasteiger partial charge < -0.3 is 9.80 Å². The van der Waals surface area contributed by atoms with E-state index >= 15 is 0 Å². The van der Waals surface area contributed by atoms with Crippen LogP contribution in [0.1, 0.15) is 117 Å². The van der Waals surface area contributed by atoms with Gasteiger partial charge in [0.15, 0.2) is 0 Å². The summed E-state index contributed by atoms with van der Waals surface area (Å²) in [4.78, 5) is 5.61. The molecule has 0 aromatic carbocycles. The minimum Gasteiger partial charge on any atom is -0.301 e. The van der Waals surface area contributed by atoms with Crippen molar-refractivity contribution in [3.63, 3.8) is 0 Å². The Balaban J connectivity index is 1.47. The van der Waals surface area contributed by atoms with Gasteiger partial charge in [-0.05, 0) is 116 Å². The van der Waals surface area contributed by atoms with E-state index in [2.05, 4.69) is 30.6 Å². The molecule has 3 fully saturated rings. The van der Waals surface area contributed by atoms with Gasteiger partial charge in [0.25, 0.3) is 0 Å². The third-order valence-corrected chi connectivity index (χ3v) is 8.56. The van der Waals surface area contributed by atoms with Crippen LogP contribution in [0.5, 0.6) is 0 Å². The third kappa shape index (κ3) is 6.73. The molecule has 2 heterocycles. The lowest BCUT2D eigenvalue weighted by molar-refractivity contribution is 0.165. The molecule has 3 rings (SSSR count). The molecule has 0 aromatic heterocycles. The molecule has 164 valence electrons. The number of nitrogens with zero attached hydrogens (tertiary/aromatic N) is 2. The van der Waals surface area contributed by atoms with Gasteiger partial charge >= 0.3 is 0 Å². The van der Waals surface area contributed by atoms with Crippen LogP contribution in [0.4, 0.5) is 0 Å². The molecule has 3 unspecified atom stereocenters. The Bertz CT molecular complexity index is 422. The van der Waals surface area contributed by atoms with Crippen molar-refractivity contribution < 1.29 is 0 Å². The van der Waals surface area contributed by atoms with Crippen LogP contribution in [-0.2, 0) is 0 Å². The Labute approximate surface area is 176 Å². The van der Waals surface area contributed by atoms with Gasteiger partial charge in [0.1, 0.15) is 0 Å². The molecule has 0 bridgehead atoms. The van der Waals surface area contributed by atoms with Crippen molar-refractivity contribution in [1.29, 1.82) is 0 Å². The third-order valence-electron chi connectivity index (χ3n) is 8.56. The predicted octanol–water partition coefficient (Wildman–Crippen LogP) is 6.88. The van der Waals surface area contributed by atoms with Crippen molar-refractivity contribution in [3.05, 3.63) is 0 Å². The summed E-state index contributed by atoms with van der Waals surface area (Å²) in [6.45, 7) is 12.7. The monoisotopic (exact) mass is 390 g/mol. The van der Waals surface area contributed by atoms with Crippen molar-refractivity contribution in [2.45, 2.75) is 129 Å². The van der Waals surface area contributed by atoms with E-state index in [9.17, 15) is 0 Å². The van der Waals surface area contributed by atoms with E-state index in [0.717, 1.165) is 18.0 Å². The van der Waals surface area contributed by atoms with Crippen molar-refractivity contribution >= 4 is 0 Å². The summed E-state index contributed by atoms with van der Waals surface area (Å²) in [6.07, 6.45) is 22.2. The molecular formula is C26H50N2. The molecule has 2 saturated heterocycles. The van der Waals surface area contributed by atoms with Crippen LogP contribution in [0, 0.1) is 11.3 Å².